The minimum absolute atomic E-state index is 0.0185. The number of anilines is 1. The smallest absolute Gasteiger partial charge is 0.317 e. The Morgan fingerprint density at radius 2 is 2.00 bits per heavy atom. The van der Waals surface area contributed by atoms with Gasteiger partial charge in [-0.15, -0.1) is 0 Å². The summed E-state index contributed by atoms with van der Waals surface area (Å²) in [6.07, 6.45) is 5.96. The largest absolute Gasteiger partial charge is 0.383 e. The van der Waals surface area contributed by atoms with Gasteiger partial charge in [0.25, 0.3) is 5.91 Å². The van der Waals surface area contributed by atoms with E-state index in [0.717, 1.165) is 31.4 Å². The van der Waals surface area contributed by atoms with Gasteiger partial charge in [0.2, 0.25) is 0 Å². The second kappa shape index (κ2) is 9.20. The van der Waals surface area contributed by atoms with Gasteiger partial charge in [-0.2, -0.15) is 15.5 Å². The maximum absolute atomic E-state index is 12.6. The minimum Gasteiger partial charge on any atom is -0.383 e. The zero-order chi connectivity index (χ0) is 27.2. The van der Waals surface area contributed by atoms with Gasteiger partial charge in [0.15, 0.2) is 0 Å². The molecule has 1 aliphatic carbocycles. The average molecular weight is 516 g/mol. The normalized spacial score (nSPS) is 20.8. The summed E-state index contributed by atoms with van der Waals surface area (Å²) in [7, 11) is 0. The summed E-state index contributed by atoms with van der Waals surface area (Å²) in [6, 6.07) is 9.51. The molecular weight excluding hydrogens is 482 g/mol. The van der Waals surface area contributed by atoms with E-state index < -0.39 is 5.91 Å². The van der Waals surface area contributed by atoms with Crippen LogP contribution in [-0.4, -0.2) is 55.0 Å². The van der Waals surface area contributed by atoms with E-state index in [2.05, 4.69) is 16.5 Å². The van der Waals surface area contributed by atoms with Crippen molar-refractivity contribution < 1.29 is 9.59 Å². The molecule has 0 bridgehead atoms. The summed E-state index contributed by atoms with van der Waals surface area (Å²) >= 11 is 0. The summed E-state index contributed by atoms with van der Waals surface area (Å²) in [4.78, 5) is 26.9. The van der Waals surface area contributed by atoms with Crippen LogP contribution in [0.4, 0.5) is 10.6 Å². The number of likely N-dealkylation sites (tertiary alicyclic amines) is 1. The molecule has 2 aliphatic rings. The average Bonchev–Trinajstić information content (AvgIpc) is 3.54. The molecule has 0 atom stereocenters. The van der Waals surface area contributed by atoms with Crippen LogP contribution in [0, 0.1) is 16.7 Å². The van der Waals surface area contributed by atoms with E-state index in [1.54, 1.807) is 27.8 Å². The van der Waals surface area contributed by atoms with E-state index in [9.17, 15) is 14.9 Å². The maximum Gasteiger partial charge on any atom is 0.317 e. The van der Waals surface area contributed by atoms with E-state index in [1.807, 2.05) is 43.9 Å². The number of benzene rings is 1. The zero-order valence-electron chi connectivity index (χ0n) is 21.9. The van der Waals surface area contributed by atoms with Gasteiger partial charge in [0.05, 0.1) is 30.4 Å². The predicted molar refractivity (Wildman–Crippen MR) is 142 cm³/mol. The third kappa shape index (κ3) is 4.69. The third-order valence-corrected chi connectivity index (χ3v) is 7.46. The number of nitrogens with zero attached hydrogens (tertiary/aromatic N) is 6. The Morgan fingerprint density at radius 1 is 1.26 bits per heavy atom. The molecule has 2 fully saturated rings. The quantitative estimate of drug-likeness (QED) is 0.473. The van der Waals surface area contributed by atoms with Crippen molar-refractivity contribution in [2.45, 2.75) is 58.2 Å². The molecule has 1 aliphatic heterocycles. The molecule has 1 saturated carbocycles. The molecule has 1 saturated heterocycles. The Hall–Kier alpha value is -4.33. The Labute approximate surface area is 221 Å². The van der Waals surface area contributed by atoms with Gasteiger partial charge in [-0.25, -0.2) is 9.48 Å². The highest BCUT2D eigenvalue weighted by Crippen LogP contribution is 2.54. The van der Waals surface area contributed by atoms with Crippen molar-refractivity contribution in [3.8, 4) is 17.3 Å². The van der Waals surface area contributed by atoms with E-state index in [0.29, 0.717) is 29.9 Å². The SMILES string of the molecule is CC(C)(C)NC(=O)N1CC[C@]2(C1)C[C@H](n1nc(-c3cnn(Cc4ccccc4C#N)c3)c(C(N)=O)c1N)C2. The predicted octanol–water partition coefficient (Wildman–Crippen LogP) is 2.88. The molecule has 3 amide bonds. The molecule has 5 rings (SSSR count). The van der Waals surface area contributed by atoms with Crippen molar-refractivity contribution >= 4 is 17.8 Å². The topological polar surface area (TPSA) is 161 Å². The second-order valence-corrected chi connectivity index (χ2v) is 11.5. The van der Waals surface area contributed by atoms with Gasteiger partial charge in [0, 0.05) is 30.4 Å². The Kier molecular flexibility index (Phi) is 6.13. The molecule has 2 aromatic heterocycles. The van der Waals surface area contributed by atoms with Gasteiger partial charge in [0.1, 0.15) is 17.1 Å². The fourth-order valence-corrected chi connectivity index (χ4v) is 5.64. The number of amides is 3. The number of aromatic nitrogens is 4. The molecule has 0 unspecified atom stereocenters. The molecule has 5 N–H and O–H groups in total. The van der Waals surface area contributed by atoms with E-state index >= 15 is 0 Å². The third-order valence-electron chi connectivity index (χ3n) is 7.46. The van der Waals surface area contributed by atoms with Crippen LogP contribution in [0.1, 0.15) is 67.6 Å². The van der Waals surface area contributed by atoms with Gasteiger partial charge in [-0.05, 0) is 57.1 Å². The van der Waals surface area contributed by atoms with E-state index in [-0.39, 0.29) is 34.4 Å². The Balaban J connectivity index is 1.33. The van der Waals surface area contributed by atoms with Gasteiger partial charge >= 0.3 is 6.03 Å². The number of primary amides is 1. The molecule has 198 valence electrons. The van der Waals surface area contributed by atoms with Crippen LogP contribution in [0.25, 0.3) is 11.3 Å². The highest BCUT2D eigenvalue weighted by atomic mass is 16.2. The summed E-state index contributed by atoms with van der Waals surface area (Å²) in [5, 5.41) is 21.6. The Bertz CT molecular complexity index is 1430. The molecule has 3 aromatic rings. The van der Waals surface area contributed by atoms with Crippen LogP contribution in [0.2, 0.25) is 0 Å². The number of carbonyl (C=O) groups excluding carboxylic acids is 2. The van der Waals surface area contributed by atoms with Crippen LogP contribution in [0.5, 0.6) is 0 Å². The highest BCUT2D eigenvalue weighted by molar-refractivity contribution is 6.03. The van der Waals surface area contributed by atoms with Gasteiger partial charge < -0.3 is 21.7 Å². The zero-order valence-corrected chi connectivity index (χ0v) is 21.9. The molecule has 3 heterocycles. The number of carbonyl (C=O) groups is 2. The fraction of sp³-hybridized carbons (Fsp3) is 0.444. The lowest BCUT2D eigenvalue weighted by Gasteiger charge is -2.45. The van der Waals surface area contributed by atoms with Gasteiger partial charge in [-0.1, -0.05) is 18.2 Å². The van der Waals surface area contributed by atoms with Crippen molar-refractivity contribution in [3.63, 3.8) is 0 Å². The summed E-state index contributed by atoms with van der Waals surface area (Å²) in [5.41, 5.74) is 14.5. The number of urea groups is 1. The number of nitrogens with two attached hydrogens (primary N) is 2. The van der Waals surface area contributed by atoms with Crippen LogP contribution >= 0.6 is 0 Å². The van der Waals surface area contributed by atoms with Crippen LogP contribution in [0.3, 0.4) is 0 Å². The van der Waals surface area contributed by atoms with E-state index in [4.69, 9.17) is 16.6 Å². The first-order valence-electron chi connectivity index (χ1n) is 12.7. The lowest BCUT2D eigenvalue weighted by Crippen LogP contribution is -2.49. The highest BCUT2D eigenvalue weighted by Gasteiger charge is 2.51. The Morgan fingerprint density at radius 3 is 2.68 bits per heavy atom. The number of nitrogens with one attached hydrogen (secondary N) is 1. The fourth-order valence-electron chi connectivity index (χ4n) is 5.64. The standard InChI is InChI=1S/C27H33N9O2/c1-26(2,3)32-25(38)34-9-8-27(16-34)10-20(11-27)36-23(29)21(24(30)37)22(33-36)19-13-31-35(15-19)14-18-7-5-4-6-17(18)12-28/h4-7,13,15,20H,8-11,14,16,29H2,1-3H3,(H2,30,37)(H,32,38)/t20-,27-. The van der Waals surface area contributed by atoms with Crippen molar-refractivity contribution in [1.82, 2.24) is 29.8 Å². The molecule has 38 heavy (non-hydrogen) atoms. The second-order valence-electron chi connectivity index (χ2n) is 11.5. The first-order valence-corrected chi connectivity index (χ1v) is 12.7. The molecule has 0 radical (unpaired) electrons. The lowest BCUT2D eigenvalue weighted by molar-refractivity contribution is 0.0672. The van der Waals surface area contributed by atoms with Crippen molar-refractivity contribution in [2.75, 3.05) is 18.8 Å². The number of nitrogen functional groups attached to an aromatic ring is 1. The minimum atomic E-state index is -0.647. The monoisotopic (exact) mass is 515 g/mol. The van der Waals surface area contributed by atoms with Crippen LogP contribution in [-0.2, 0) is 6.54 Å². The van der Waals surface area contributed by atoms with Crippen molar-refractivity contribution in [3.05, 3.63) is 53.3 Å². The van der Waals surface area contributed by atoms with Crippen LogP contribution < -0.4 is 16.8 Å². The van der Waals surface area contributed by atoms with E-state index in [1.165, 1.54) is 0 Å². The molecule has 11 nitrogen and oxygen atoms in total. The number of hydrogen-bond acceptors (Lipinski definition) is 6. The van der Waals surface area contributed by atoms with Crippen molar-refractivity contribution in [2.24, 2.45) is 11.1 Å². The van der Waals surface area contributed by atoms with Crippen LogP contribution in [0.15, 0.2) is 36.7 Å². The molecule has 1 aromatic carbocycles. The van der Waals surface area contributed by atoms with Crippen molar-refractivity contribution in [1.29, 1.82) is 5.26 Å². The summed E-state index contributed by atoms with van der Waals surface area (Å²) in [5.74, 6) is -0.401. The first kappa shape index (κ1) is 25.3. The number of rotatable bonds is 5. The molecule has 11 heteroatoms. The molecular formula is C27H33N9O2. The summed E-state index contributed by atoms with van der Waals surface area (Å²) in [6.45, 7) is 7.73. The number of nitriles is 1. The molecule has 1 spiro atoms. The maximum atomic E-state index is 12.6. The summed E-state index contributed by atoms with van der Waals surface area (Å²) < 4.78 is 3.40. The number of hydrogen-bond donors (Lipinski definition) is 3. The first-order chi connectivity index (χ1) is 18.0. The lowest BCUT2D eigenvalue weighted by atomic mass is 9.65. The van der Waals surface area contributed by atoms with Gasteiger partial charge in [-0.3, -0.25) is 9.48 Å².